The second-order valence-corrected chi connectivity index (χ2v) is 7.76. The first-order valence-corrected chi connectivity index (χ1v) is 10.8. The van der Waals surface area contributed by atoms with Crippen LogP contribution in [0.5, 0.6) is 0 Å². The van der Waals surface area contributed by atoms with Crippen LogP contribution in [0.4, 0.5) is 0 Å². The van der Waals surface area contributed by atoms with Crippen molar-refractivity contribution in [1.82, 2.24) is 16.0 Å². The molecule has 0 heterocycles. The number of amides is 4. The van der Waals surface area contributed by atoms with Crippen molar-refractivity contribution in [2.24, 2.45) is 11.5 Å². The Bertz CT molecular complexity index is 777. The van der Waals surface area contributed by atoms with Gasteiger partial charge in [0.25, 0.3) is 0 Å². The summed E-state index contributed by atoms with van der Waals surface area (Å²) in [6, 6.07) is -6.42. The third-order valence-electron chi connectivity index (χ3n) is 4.01. The topological polar surface area (TPSA) is 268 Å². The van der Waals surface area contributed by atoms with Gasteiger partial charge in [-0.15, -0.1) is 0 Å². The smallest absolute Gasteiger partial charge is 0.326 e. The Morgan fingerprint density at radius 2 is 1.18 bits per heavy atom. The van der Waals surface area contributed by atoms with Gasteiger partial charge >= 0.3 is 17.9 Å². The van der Waals surface area contributed by atoms with Gasteiger partial charge in [-0.3, -0.25) is 28.8 Å². The largest absolute Gasteiger partial charge is 0.481 e. The van der Waals surface area contributed by atoms with Gasteiger partial charge in [0.05, 0.1) is 25.3 Å². The highest BCUT2D eigenvalue weighted by molar-refractivity contribution is 7.98. The molecule has 0 fully saturated rings. The zero-order valence-electron chi connectivity index (χ0n) is 17.6. The molecule has 33 heavy (non-hydrogen) atoms. The van der Waals surface area contributed by atoms with Crippen molar-refractivity contribution in [1.29, 1.82) is 0 Å². The minimum atomic E-state index is -1.86. The summed E-state index contributed by atoms with van der Waals surface area (Å²) in [5.74, 6) is -8.57. The maximum atomic E-state index is 12.5. The van der Waals surface area contributed by atoms with Crippen molar-refractivity contribution in [2.75, 3.05) is 12.0 Å². The Hall–Kier alpha value is -3.40. The van der Waals surface area contributed by atoms with E-state index < -0.39 is 85.0 Å². The third-order valence-corrected chi connectivity index (χ3v) is 4.66. The highest BCUT2D eigenvalue weighted by Crippen LogP contribution is 2.03. The Morgan fingerprint density at radius 3 is 1.55 bits per heavy atom. The van der Waals surface area contributed by atoms with Crippen LogP contribution in [-0.2, 0) is 33.6 Å². The number of primary amides is 1. The fourth-order valence-electron chi connectivity index (χ4n) is 2.37. The average molecular weight is 493 g/mol. The minimum absolute atomic E-state index is 0.231. The maximum Gasteiger partial charge on any atom is 0.326 e. The molecule has 0 bridgehead atoms. The molecule has 0 aliphatic rings. The first-order valence-electron chi connectivity index (χ1n) is 9.38. The van der Waals surface area contributed by atoms with Crippen LogP contribution in [-0.4, -0.2) is 93.0 Å². The summed E-state index contributed by atoms with van der Waals surface area (Å²) in [5, 5.41) is 33.1. The number of carbonyl (C=O) groups is 7. The summed E-state index contributed by atoms with van der Waals surface area (Å²) in [7, 11) is 0. The number of carboxylic acids is 3. The summed E-state index contributed by atoms with van der Waals surface area (Å²) in [6.07, 6.45) is -0.720. The highest BCUT2D eigenvalue weighted by atomic mass is 32.2. The predicted molar refractivity (Wildman–Crippen MR) is 113 cm³/mol. The van der Waals surface area contributed by atoms with Gasteiger partial charge < -0.3 is 42.7 Å². The van der Waals surface area contributed by atoms with Crippen molar-refractivity contribution in [3.8, 4) is 0 Å². The molecule has 15 nitrogen and oxygen atoms in total. The van der Waals surface area contributed by atoms with Gasteiger partial charge in [-0.2, -0.15) is 11.8 Å². The van der Waals surface area contributed by atoms with E-state index in [9.17, 15) is 33.6 Å². The molecule has 0 aromatic heterocycles. The van der Waals surface area contributed by atoms with Crippen molar-refractivity contribution in [2.45, 2.75) is 49.9 Å². The lowest BCUT2D eigenvalue weighted by atomic mass is 10.1. The van der Waals surface area contributed by atoms with Crippen LogP contribution >= 0.6 is 11.8 Å². The lowest BCUT2D eigenvalue weighted by Crippen LogP contribution is -2.58. The Morgan fingerprint density at radius 1 is 0.758 bits per heavy atom. The Labute approximate surface area is 192 Å². The van der Waals surface area contributed by atoms with Gasteiger partial charge in [0.15, 0.2) is 0 Å². The van der Waals surface area contributed by atoms with Crippen LogP contribution in [0, 0.1) is 0 Å². The van der Waals surface area contributed by atoms with Crippen molar-refractivity contribution in [3.63, 3.8) is 0 Å². The molecule has 10 N–H and O–H groups in total. The normalized spacial score (nSPS) is 14.1. The number of carbonyl (C=O) groups excluding carboxylic acids is 4. The molecule has 16 heteroatoms. The fraction of sp³-hybridized carbons (Fsp3) is 0.588. The van der Waals surface area contributed by atoms with Crippen molar-refractivity contribution >= 4 is 53.3 Å². The Balaban J connectivity index is 5.52. The van der Waals surface area contributed by atoms with E-state index in [1.54, 1.807) is 6.26 Å². The van der Waals surface area contributed by atoms with Crippen LogP contribution in [0.2, 0.25) is 0 Å². The molecule has 0 spiro atoms. The second-order valence-electron chi connectivity index (χ2n) is 6.78. The van der Waals surface area contributed by atoms with Gasteiger partial charge in [0.1, 0.15) is 18.1 Å². The van der Waals surface area contributed by atoms with Crippen molar-refractivity contribution < 1.29 is 48.9 Å². The van der Waals surface area contributed by atoms with E-state index in [1.165, 1.54) is 11.8 Å². The average Bonchev–Trinajstić information content (AvgIpc) is 2.68. The minimum Gasteiger partial charge on any atom is -0.481 e. The number of thioether (sulfide) groups is 1. The van der Waals surface area contributed by atoms with Crippen molar-refractivity contribution in [3.05, 3.63) is 0 Å². The molecule has 4 atom stereocenters. The summed E-state index contributed by atoms with van der Waals surface area (Å²) in [5.41, 5.74) is 10.6. The number of aliphatic carboxylic acids is 3. The maximum absolute atomic E-state index is 12.5. The van der Waals surface area contributed by atoms with Crippen LogP contribution in [0.1, 0.15) is 25.7 Å². The third kappa shape index (κ3) is 12.3. The molecule has 4 amide bonds. The molecule has 0 saturated carbocycles. The van der Waals surface area contributed by atoms with Gasteiger partial charge in [-0.1, -0.05) is 0 Å². The number of rotatable bonds is 16. The molecule has 186 valence electrons. The van der Waals surface area contributed by atoms with E-state index >= 15 is 0 Å². The van der Waals surface area contributed by atoms with E-state index in [2.05, 4.69) is 5.32 Å². The number of carboxylic acid groups (broad SMARTS) is 3. The summed E-state index contributed by atoms with van der Waals surface area (Å²) in [6.45, 7) is 0. The van der Waals surface area contributed by atoms with Crippen LogP contribution in [0.15, 0.2) is 0 Å². The summed E-state index contributed by atoms with van der Waals surface area (Å²) < 4.78 is 0. The van der Waals surface area contributed by atoms with Crippen LogP contribution in [0.3, 0.4) is 0 Å². The molecule has 0 aromatic carbocycles. The SMILES string of the molecule is CSCCC(N)C(=O)NC(CC(=O)O)C(=O)NC(CC(=O)O)C(=O)NC(CC(N)=O)C(=O)O. The standard InChI is InChI=1S/C17H27N5O10S/c1-33-3-2-7(18)14(28)20-8(5-12(24)25)15(29)21-9(6-13(26)27)16(30)22-10(17(31)32)4-11(19)23/h7-10H,2-6,18H2,1H3,(H2,19,23)(H,20,28)(H,21,29)(H,22,30)(H,24,25)(H,26,27)(H,31,32). The van der Waals surface area contributed by atoms with E-state index in [4.69, 9.17) is 26.8 Å². The zero-order valence-corrected chi connectivity index (χ0v) is 18.4. The molecular formula is C17H27N5O10S. The summed E-state index contributed by atoms with van der Waals surface area (Å²) in [4.78, 5) is 81.4. The number of nitrogens with two attached hydrogens (primary N) is 2. The number of hydrogen-bond acceptors (Lipinski definition) is 9. The molecular weight excluding hydrogens is 466 g/mol. The quantitative estimate of drug-likeness (QED) is 0.104. The van der Waals surface area contributed by atoms with E-state index in [1.807, 2.05) is 10.6 Å². The lowest BCUT2D eigenvalue weighted by Gasteiger charge is -2.23. The lowest BCUT2D eigenvalue weighted by molar-refractivity contribution is -0.145. The van der Waals surface area contributed by atoms with Gasteiger partial charge in [0.2, 0.25) is 23.6 Å². The molecule has 0 rings (SSSR count). The van der Waals surface area contributed by atoms with Gasteiger partial charge in [-0.25, -0.2) is 4.79 Å². The first-order chi connectivity index (χ1) is 15.3. The zero-order chi connectivity index (χ0) is 25.7. The molecule has 0 aliphatic heterocycles. The highest BCUT2D eigenvalue weighted by Gasteiger charge is 2.32. The van der Waals surface area contributed by atoms with Gasteiger partial charge in [-0.05, 0) is 18.4 Å². The predicted octanol–water partition coefficient (Wildman–Crippen LogP) is -3.57. The van der Waals surface area contributed by atoms with E-state index in [0.717, 1.165) is 0 Å². The molecule has 4 unspecified atom stereocenters. The van der Waals surface area contributed by atoms with E-state index in [-0.39, 0.29) is 6.42 Å². The Kier molecular flexibility index (Phi) is 13.1. The first kappa shape index (κ1) is 29.6. The molecule has 0 aliphatic carbocycles. The number of hydrogen-bond donors (Lipinski definition) is 8. The number of nitrogens with one attached hydrogen (secondary N) is 3. The second kappa shape index (κ2) is 14.6. The van der Waals surface area contributed by atoms with Gasteiger partial charge in [0, 0.05) is 0 Å². The summed E-state index contributed by atoms with van der Waals surface area (Å²) >= 11 is 1.41. The molecule has 0 saturated heterocycles. The van der Waals surface area contributed by atoms with E-state index in [0.29, 0.717) is 5.75 Å². The van der Waals surface area contributed by atoms with Crippen LogP contribution in [0.25, 0.3) is 0 Å². The molecule has 0 radical (unpaired) electrons. The fourth-order valence-corrected chi connectivity index (χ4v) is 2.86. The monoisotopic (exact) mass is 493 g/mol. The van der Waals surface area contributed by atoms with Crippen LogP contribution < -0.4 is 27.4 Å². The molecule has 0 aromatic rings.